The second-order valence-electron chi connectivity index (χ2n) is 12.6. The maximum absolute atomic E-state index is 13.6. The van der Waals surface area contributed by atoms with Crippen LogP contribution in [-0.4, -0.2) is 70.2 Å². The Labute approximate surface area is 311 Å². The van der Waals surface area contributed by atoms with Crippen LogP contribution >= 0.6 is 23.4 Å². The molecule has 1 aliphatic rings. The van der Waals surface area contributed by atoms with Gasteiger partial charge in [0, 0.05) is 59.5 Å². The number of thioether (sulfide) groups is 1. The van der Waals surface area contributed by atoms with Crippen molar-refractivity contribution in [3.05, 3.63) is 132 Å². The molecule has 1 N–H and O–H groups in total. The number of hydrogen-bond donors (Lipinski definition) is 1. The molecule has 0 saturated carbocycles. The Morgan fingerprint density at radius 3 is 2.40 bits per heavy atom. The molecule has 3 heterocycles. The Kier molecular flexibility index (Phi) is 9.78. The van der Waals surface area contributed by atoms with Crippen LogP contribution in [0.15, 0.2) is 131 Å². The number of halogens is 1. The summed E-state index contributed by atoms with van der Waals surface area (Å²) in [5.74, 6) is 1.03. The van der Waals surface area contributed by atoms with Gasteiger partial charge in [-0.15, -0.1) is 16.9 Å². The summed E-state index contributed by atoms with van der Waals surface area (Å²) in [6.07, 6.45) is 1.39. The topological polar surface area (TPSA) is 109 Å². The van der Waals surface area contributed by atoms with E-state index in [2.05, 4.69) is 83.3 Å². The van der Waals surface area contributed by atoms with Crippen LogP contribution in [0, 0.1) is 0 Å². The van der Waals surface area contributed by atoms with Gasteiger partial charge in [0.15, 0.2) is 5.82 Å². The molecular weight excluding hydrogens is 712 g/mol. The summed E-state index contributed by atoms with van der Waals surface area (Å²) in [6.45, 7) is 5.04. The average molecular weight is 747 g/mol. The van der Waals surface area contributed by atoms with Crippen LogP contribution in [0.3, 0.4) is 0 Å². The number of aryl methyl sites for hydroxylation is 1. The number of nitrogens with zero attached hydrogens (tertiary/aromatic N) is 7. The zero-order valence-electron chi connectivity index (χ0n) is 28.1. The van der Waals surface area contributed by atoms with Crippen LogP contribution in [-0.2, 0) is 23.1 Å². The van der Waals surface area contributed by atoms with Gasteiger partial charge in [-0.05, 0) is 77.4 Å². The second kappa shape index (κ2) is 14.9. The van der Waals surface area contributed by atoms with Crippen LogP contribution in [0.5, 0.6) is 0 Å². The fourth-order valence-corrected chi connectivity index (χ4v) is 8.56. The van der Waals surface area contributed by atoms with Gasteiger partial charge in [-0.25, -0.2) is 23.1 Å². The number of anilines is 2. The zero-order chi connectivity index (χ0) is 35.5. The predicted octanol–water partition coefficient (Wildman–Crippen LogP) is 7.61. The lowest BCUT2D eigenvalue weighted by molar-refractivity contribution is 0.250. The van der Waals surface area contributed by atoms with Crippen molar-refractivity contribution in [2.24, 2.45) is 0 Å². The summed E-state index contributed by atoms with van der Waals surface area (Å²) < 4.78 is 31.6. The van der Waals surface area contributed by atoms with E-state index in [-0.39, 0.29) is 10.7 Å². The van der Waals surface area contributed by atoms with E-state index < -0.39 is 10.0 Å². The summed E-state index contributed by atoms with van der Waals surface area (Å²) in [6, 6.07) is 37.5. The summed E-state index contributed by atoms with van der Waals surface area (Å²) in [4.78, 5) is 14.9. The van der Waals surface area contributed by atoms with Gasteiger partial charge >= 0.3 is 0 Å². The summed E-state index contributed by atoms with van der Waals surface area (Å²) >= 11 is 7.87. The van der Waals surface area contributed by atoms with Crippen molar-refractivity contribution in [2.45, 2.75) is 22.9 Å². The third kappa shape index (κ3) is 7.47. The number of nitrogens with one attached hydrogen (secondary N) is 1. The van der Waals surface area contributed by atoms with Gasteiger partial charge in [0.25, 0.3) is 10.0 Å². The van der Waals surface area contributed by atoms with Crippen molar-refractivity contribution in [3.8, 4) is 11.1 Å². The normalized spacial score (nSPS) is 13.9. The fourth-order valence-electron chi connectivity index (χ4n) is 6.53. The first-order chi connectivity index (χ1) is 25.4. The van der Waals surface area contributed by atoms with E-state index in [1.165, 1.54) is 22.3 Å². The molecule has 10 nitrogen and oxygen atoms in total. The lowest BCUT2D eigenvalue weighted by atomic mass is 9.99. The van der Waals surface area contributed by atoms with Crippen molar-refractivity contribution in [1.29, 1.82) is 0 Å². The molecule has 0 aliphatic carbocycles. The van der Waals surface area contributed by atoms with Gasteiger partial charge in [-0.1, -0.05) is 71.4 Å². The molecule has 2 aromatic heterocycles. The Morgan fingerprint density at radius 1 is 0.788 bits per heavy atom. The van der Waals surface area contributed by atoms with Gasteiger partial charge in [-0.2, -0.15) is 0 Å². The van der Waals surface area contributed by atoms with E-state index in [4.69, 9.17) is 11.6 Å². The molecule has 13 heteroatoms. The molecule has 1 aliphatic heterocycles. The van der Waals surface area contributed by atoms with Crippen molar-refractivity contribution < 1.29 is 8.42 Å². The highest BCUT2D eigenvalue weighted by Gasteiger charge is 2.22. The lowest BCUT2D eigenvalue weighted by Crippen LogP contribution is -2.46. The Balaban J connectivity index is 0.920. The molecule has 0 atom stereocenters. The molecule has 8 rings (SSSR count). The SMILES string of the molecule is O=S(=O)(Nc1ncnc2cc(N3CCN(Cc4ccccc4-c4ccc(Cl)cc4)CC3)ccc12)c1ccc2c(c1)nnn2CCSc1ccccc1. The van der Waals surface area contributed by atoms with E-state index >= 15 is 0 Å². The van der Waals surface area contributed by atoms with Crippen LogP contribution < -0.4 is 9.62 Å². The highest BCUT2D eigenvalue weighted by Crippen LogP contribution is 2.30. The number of piperazine rings is 1. The van der Waals surface area contributed by atoms with Gasteiger partial charge in [-0.3, -0.25) is 9.62 Å². The standard InChI is InChI=1S/C39H35ClN8O2S2/c40-30-12-10-28(11-13-30)34-9-5-4-6-29(34)26-46-18-20-47(21-19-46)31-14-16-35-36(24-31)41-27-42-39(35)44-52(49,50)33-15-17-38-37(25-33)43-45-48(38)22-23-51-32-7-2-1-3-8-32/h1-17,24-25,27H,18-23,26H2,(H,41,42,44). The van der Waals surface area contributed by atoms with Crippen LogP contribution in [0.4, 0.5) is 11.5 Å². The Morgan fingerprint density at radius 2 is 1.58 bits per heavy atom. The molecular formula is C39H35ClN8O2S2. The molecule has 0 radical (unpaired) electrons. The van der Waals surface area contributed by atoms with Crippen molar-refractivity contribution in [1.82, 2.24) is 29.9 Å². The molecule has 0 bridgehead atoms. The van der Waals surface area contributed by atoms with Crippen molar-refractivity contribution in [2.75, 3.05) is 41.6 Å². The predicted molar refractivity (Wildman–Crippen MR) is 209 cm³/mol. The molecule has 1 fully saturated rings. The lowest BCUT2D eigenvalue weighted by Gasteiger charge is -2.36. The van der Waals surface area contributed by atoms with Gasteiger partial charge in [0.05, 0.1) is 22.5 Å². The first-order valence-electron chi connectivity index (χ1n) is 17.0. The van der Waals surface area contributed by atoms with Crippen molar-refractivity contribution >= 4 is 66.8 Å². The van der Waals surface area contributed by atoms with Gasteiger partial charge in [0.1, 0.15) is 11.8 Å². The smallest absolute Gasteiger partial charge is 0.263 e. The van der Waals surface area contributed by atoms with E-state index in [0.717, 1.165) is 60.3 Å². The number of aromatic nitrogens is 5. The van der Waals surface area contributed by atoms with E-state index in [9.17, 15) is 8.42 Å². The maximum Gasteiger partial charge on any atom is 0.263 e. The summed E-state index contributed by atoms with van der Waals surface area (Å²) in [5, 5.41) is 9.87. The average Bonchev–Trinajstić information content (AvgIpc) is 3.58. The highest BCUT2D eigenvalue weighted by molar-refractivity contribution is 7.99. The first kappa shape index (κ1) is 34.1. The molecule has 262 valence electrons. The third-order valence-electron chi connectivity index (χ3n) is 9.27. The molecule has 0 unspecified atom stereocenters. The maximum atomic E-state index is 13.6. The Hall–Kier alpha value is -5.01. The summed E-state index contributed by atoms with van der Waals surface area (Å²) in [7, 11) is -3.97. The largest absolute Gasteiger partial charge is 0.369 e. The quantitative estimate of drug-likeness (QED) is 0.134. The number of hydrogen-bond acceptors (Lipinski definition) is 9. The number of sulfonamides is 1. The number of rotatable bonds is 11. The molecule has 5 aromatic carbocycles. The Bertz CT molecular complexity index is 2450. The monoisotopic (exact) mass is 746 g/mol. The van der Waals surface area contributed by atoms with E-state index in [0.29, 0.717) is 23.0 Å². The van der Waals surface area contributed by atoms with Crippen molar-refractivity contribution in [3.63, 3.8) is 0 Å². The van der Waals surface area contributed by atoms with E-state index in [1.807, 2.05) is 48.5 Å². The number of fused-ring (bicyclic) bond motifs is 2. The van der Waals surface area contributed by atoms with Gasteiger partial charge in [0.2, 0.25) is 0 Å². The molecule has 0 amide bonds. The number of benzene rings is 5. The minimum absolute atomic E-state index is 0.0859. The minimum Gasteiger partial charge on any atom is -0.369 e. The van der Waals surface area contributed by atoms with Gasteiger partial charge < -0.3 is 4.90 Å². The third-order valence-corrected chi connectivity index (χ3v) is 11.8. The molecule has 1 saturated heterocycles. The first-order valence-corrected chi connectivity index (χ1v) is 19.8. The minimum atomic E-state index is -3.97. The van der Waals surface area contributed by atoms with Crippen LogP contribution in [0.25, 0.3) is 33.1 Å². The highest BCUT2D eigenvalue weighted by atomic mass is 35.5. The molecule has 0 spiro atoms. The second-order valence-corrected chi connectivity index (χ2v) is 15.9. The molecule has 7 aromatic rings. The van der Waals surface area contributed by atoms with Crippen LogP contribution in [0.1, 0.15) is 5.56 Å². The van der Waals surface area contributed by atoms with E-state index in [1.54, 1.807) is 34.6 Å². The zero-order valence-corrected chi connectivity index (χ0v) is 30.5. The van der Waals surface area contributed by atoms with Crippen LogP contribution in [0.2, 0.25) is 5.02 Å². The fraction of sp³-hybridized carbons (Fsp3) is 0.179. The molecule has 52 heavy (non-hydrogen) atoms. The summed E-state index contributed by atoms with van der Waals surface area (Å²) in [5.41, 5.74) is 6.66.